The van der Waals surface area contributed by atoms with Crippen molar-refractivity contribution in [3.8, 4) is 0 Å². The molecule has 3 saturated carbocycles. The van der Waals surface area contributed by atoms with Crippen LogP contribution in [-0.4, -0.2) is 112 Å². The maximum absolute atomic E-state index is 12.6. The van der Waals surface area contributed by atoms with Crippen molar-refractivity contribution in [1.82, 2.24) is 0 Å². The summed E-state index contributed by atoms with van der Waals surface area (Å²) in [5.74, 6) is -4.36. The Labute approximate surface area is 255 Å². The standard InChI is InChI=1S/C31H52O12/c1-10-19-28(35)25-20(12-31(36,22(25)14-41-16(3)32)30(40-9)15(2)42-17(4)33)26-24(38-7)11-23(43-18(5)34)21(13-37-6)27(26)29(19)39-8/h15,19-30,35-36H,10-14H2,1-9H3/t15-,19+,20-,21+,22?,23-,24+,25-,26?,27-,28+,29+,30+,31-/m1/s1. The SMILES string of the molecule is CC[C@H]1[C@H](O)[C@H]2C(COC(C)=O)[C@@](O)([C@@H](OC)[C@@H](C)OC(C)=O)C[C@H]2C2[C@@H]([C@@H](COC)[C@H](OC(C)=O)C[C@@H]2OC)[C@H]1OC. The Balaban J connectivity index is 2.25. The van der Waals surface area contributed by atoms with Gasteiger partial charge in [0.25, 0.3) is 0 Å². The van der Waals surface area contributed by atoms with Gasteiger partial charge in [-0.3, -0.25) is 14.4 Å². The van der Waals surface area contributed by atoms with E-state index in [1.807, 2.05) is 6.92 Å². The first-order chi connectivity index (χ1) is 20.3. The molecule has 3 aliphatic carbocycles. The molecule has 2 unspecified atom stereocenters. The Morgan fingerprint density at radius 1 is 0.884 bits per heavy atom. The zero-order chi connectivity index (χ0) is 32.2. The van der Waals surface area contributed by atoms with Crippen LogP contribution < -0.4 is 0 Å². The second kappa shape index (κ2) is 15.0. The Hall–Kier alpha value is -1.83. The number of ether oxygens (including phenoxy) is 7. The lowest BCUT2D eigenvalue weighted by molar-refractivity contribution is -0.195. The molecule has 248 valence electrons. The number of fused-ring (bicyclic) bond motifs is 3. The third-order valence-electron chi connectivity index (χ3n) is 10.3. The molecule has 12 nitrogen and oxygen atoms in total. The average molecular weight is 617 g/mol. The zero-order valence-electron chi connectivity index (χ0n) is 27.0. The van der Waals surface area contributed by atoms with Gasteiger partial charge in [0.15, 0.2) is 0 Å². The summed E-state index contributed by atoms with van der Waals surface area (Å²) in [7, 11) is 6.26. The number of methoxy groups -OCH3 is 4. The minimum atomic E-state index is -1.65. The van der Waals surface area contributed by atoms with Crippen molar-refractivity contribution in [2.75, 3.05) is 41.7 Å². The third-order valence-corrected chi connectivity index (χ3v) is 10.3. The molecule has 0 bridgehead atoms. The largest absolute Gasteiger partial charge is 0.465 e. The minimum Gasteiger partial charge on any atom is -0.465 e. The zero-order valence-corrected chi connectivity index (χ0v) is 27.0. The van der Waals surface area contributed by atoms with Crippen molar-refractivity contribution in [3.63, 3.8) is 0 Å². The molecule has 3 rings (SSSR count). The molecule has 0 aromatic carbocycles. The first kappa shape index (κ1) is 35.6. The second-order valence-corrected chi connectivity index (χ2v) is 12.5. The number of aliphatic hydroxyl groups excluding tert-OH is 1. The minimum absolute atomic E-state index is 0.149. The predicted molar refractivity (Wildman–Crippen MR) is 153 cm³/mol. The van der Waals surface area contributed by atoms with E-state index in [1.54, 1.807) is 28.3 Å². The molecule has 0 spiro atoms. The van der Waals surface area contributed by atoms with E-state index in [4.69, 9.17) is 33.2 Å². The third kappa shape index (κ3) is 7.04. The molecule has 0 aromatic heterocycles. The lowest BCUT2D eigenvalue weighted by atomic mass is 9.61. The second-order valence-electron chi connectivity index (χ2n) is 12.5. The Morgan fingerprint density at radius 3 is 2.05 bits per heavy atom. The van der Waals surface area contributed by atoms with Crippen LogP contribution in [0.4, 0.5) is 0 Å². The van der Waals surface area contributed by atoms with E-state index in [0.717, 1.165) is 0 Å². The van der Waals surface area contributed by atoms with Crippen LogP contribution in [0, 0.1) is 41.4 Å². The van der Waals surface area contributed by atoms with Gasteiger partial charge in [0.1, 0.15) is 23.9 Å². The van der Waals surface area contributed by atoms with E-state index in [9.17, 15) is 24.6 Å². The summed E-state index contributed by atoms with van der Waals surface area (Å²) in [6, 6.07) is 0. The Bertz CT molecular complexity index is 959. The van der Waals surface area contributed by atoms with Crippen LogP contribution in [0.1, 0.15) is 53.9 Å². The van der Waals surface area contributed by atoms with E-state index in [-0.39, 0.29) is 49.2 Å². The fourth-order valence-electron chi connectivity index (χ4n) is 9.05. The van der Waals surface area contributed by atoms with Gasteiger partial charge in [-0.1, -0.05) is 6.92 Å². The van der Waals surface area contributed by atoms with Crippen molar-refractivity contribution in [2.45, 2.75) is 96.1 Å². The number of carbonyl (C=O) groups is 3. The molecular formula is C31H52O12. The molecule has 12 heteroatoms. The van der Waals surface area contributed by atoms with Gasteiger partial charge in [-0.25, -0.2) is 0 Å². The molecule has 2 N–H and O–H groups in total. The first-order valence-electron chi connectivity index (χ1n) is 15.3. The van der Waals surface area contributed by atoms with Gasteiger partial charge in [-0.15, -0.1) is 0 Å². The summed E-state index contributed by atoms with van der Waals surface area (Å²) in [4.78, 5) is 36.2. The van der Waals surface area contributed by atoms with Crippen LogP contribution in [0.3, 0.4) is 0 Å². The summed E-state index contributed by atoms with van der Waals surface area (Å²) in [5.41, 5.74) is -1.65. The fourth-order valence-corrected chi connectivity index (χ4v) is 9.05. The number of hydrogen-bond donors (Lipinski definition) is 2. The van der Waals surface area contributed by atoms with Gasteiger partial charge in [0.05, 0.1) is 31.5 Å². The van der Waals surface area contributed by atoms with Crippen molar-refractivity contribution in [3.05, 3.63) is 0 Å². The van der Waals surface area contributed by atoms with Gasteiger partial charge in [-0.2, -0.15) is 0 Å². The van der Waals surface area contributed by atoms with Crippen LogP contribution in [0.5, 0.6) is 0 Å². The van der Waals surface area contributed by atoms with E-state index in [0.29, 0.717) is 12.8 Å². The van der Waals surface area contributed by atoms with Crippen LogP contribution in [0.15, 0.2) is 0 Å². The summed E-state index contributed by atoms with van der Waals surface area (Å²) < 4.78 is 40.7. The van der Waals surface area contributed by atoms with Crippen LogP contribution in [0.2, 0.25) is 0 Å². The highest BCUT2D eigenvalue weighted by molar-refractivity contribution is 5.66. The number of carbonyl (C=O) groups excluding carboxylic acids is 3. The Kier molecular flexibility index (Phi) is 12.4. The lowest BCUT2D eigenvalue weighted by Gasteiger charge is -2.50. The number of rotatable bonds is 12. The summed E-state index contributed by atoms with van der Waals surface area (Å²) >= 11 is 0. The molecule has 3 fully saturated rings. The van der Waals surface area contributed by atoms with Crippen molar-refractivity contribution >= 4 is 17.9 Å². The first-order valence-corrected chi connectivity index (χ1v) is 15.3. The van der Waals surface area contributed by atoms with E-state index in [1.165, 1.54) is 27.9 Å². The highest BCUT2D eigenvalue weighted by Gasteiger charge is 2.68. The molecule has 0 amide bonds. The smallest absolute Gasteiger partial charge is 0.302 e. The van der Waals surface area contributed by atoms with Crippen LogP contribution in [-0.2, 0) is 47.5 Å². The topological polar surface area (TPSA) is 156 Å². The van der Waals surface area contributed by atoms with E-state index >= 15 is 0 Å². The maximum atomic E-state index is 12.6. The molecule has 0 radical (unpaired) electrons. The molecule has 0 saturated heterocycles. The van der Waals surface area contributed by atoms with E-state index in [2.05, 4.69) is 0 Å². The highest BCUT2D eigenvalue weighted by Crippen LogP contribution is 2.61. The quantitative estimate of drug-likeness (QED) is 0.242. The summed E-state index contributed by atoms with van der Waals surface area (Å²) in [6.45, 7) is 7.69. The van der Waals surface area contributed by atoms with Crippen molar-refractivity contribution < 1.29 is 57.8 Å². The van der Waals surface area contributed by atoms with Gasteiger partial charge >= 0.3 is 17.9 Å². The summed E-state index contributed by atoms with van der Waals surface area (Å²) in [5, 5.41) is 24.9. The van der Waals surface area contributed by atoms with Gasteiger partial charge in [0.2, 0.25) is 0 Å². The van der Waals surface area contributed by atoms with Crippen LogP contribution in [0.25, 0.3) is 0 Å². The number of hydrogen-bond acceptors (Lipinski definition) is 12. The normalized spacial score (nSPS) is 40.4. The van der Waals surface area contributed by atoms with Gasteiger partial charge < -0.3 is 43.4 Å². The van der Waals surface area contributed by atoms with Crippen LogP contribution >= 0.6 is 0 Å². The van der Waals surface area contributed by atoms with E-state index < -0.39 is 72.0 Å². The van der Waals surface area contributed by atoms with Crippen molar-refractivity contribution in [2.24, 2.45) is 41.4 Å². The number of aliphatic hydroxyl groups is 2. The van der Waals surface area contributed by atoms with Gasteiger partial charge in [-0.05, 0) is 43.4 Å². The Morgan fingerprint density at radius 2 is 1.56 bits per heavy atom. The lowest BCUT2D eigenvalue weighted by Crippen LogP contribution is -2.57. The molecule has 0 aliphatic heterocycles. The molecule has 43 heavy (non-hydrogen) atoms. The fraction of sp³-hybridized carbons (Fsp3) is 0.903. The molecule has 0 aromatic rings. The molecular weight excluding hydrogens is 564 g/mol. The van der Waals surface area contributed by atoms with Gasteiger partial charge in [0, 0.05) is 73.4 Å². The monoisotopic (exact) mass is 616 g/mol. The summed E-state index contributed by atoms with van der Waals surface area (Å²) in [6.07, 6.45) is -3.07. The molecule has 0 heterocycles. The highest BCUT2D eigenvalue weighted by atomic mass is 16.6. The molecule has 3 aliphatic rings. The molecule has 14 atom stereocenters. The number of esters is 3. The predicted octanol–water partition coefficient (Wildman–Crippen LogP) is 1.76. The van der Waals surface area contributed by atoms with Crippen molar-refractivity contribution in [1.29, 1.82) is 0 Å². The maximum Gasteiger partial charge on any atom is 0.302 e. The average Bonchev–Trinajstić information content (AvgIpc) is 3.17.